The van der Waals surface area contributed by atoms with E-state index in [1.54, 1.807) is 31.2 Å². The maximum absolute atomic E-state index is 12.2. The van der Waals surface area contributed by atoms with Crippen LogP contribution in [0.4, 0.5) is 23.7 Å². The zero-order valence-electron chi connectivity index (χ0n) is 12.5. The minimum atomic E-state index is -4.83. The van der Waals surface area contributed by atoms with E-state index in [9.17, 15) is 22.8 Å². The number of benzene rings is 2. The van der Waals surface area contributed by atoms with Crippen molar-refractivity contribution in [2.45, 2.75) is 13.3 Å². The summed E-state index contributed by atoms with van der Waals surface area (Å²) < 4.78 is 40.3. The van der Waals surface area contributed by atoms with Crippen LogP contribution in [0.3, 0.4) is 0 Å². The van der Waals surface area contributed by atoms with Gasteiger partial charge in [0.1, 0.15) is 5.75 Å². The van der Waals surface area contributed by atoms with Crippen LogP contribution in [0.25, 0.3) is 0 Å². The van der Waals surface area contributed by atoms with Crippen LogP contribution in [0, 0.1) is 6.92 Å². The Morgan fingerprint density at radius 3 is 2.42 bits per heavy atom. The summed E-state index contributed by atoms with van der Waals surface area (Å²) >= 11 is 0. The fraction of sp³-hybridized carbons (Fsp3) is 0.125. The minimum absolute atomic E-state index is 0.0480. The van der Waals surface area contributed by atoms with Crippen LogP contribution in [-0.4, -0.2) is 18.3 Å². The molecule has 0 aliphatic carbocycles. The molecule has 2 aromatic carbocycles. The predicted octanol–water partition coefficient (Wildman–Crippen LogP) is 3.86. The molecular formula is C16H13F3N2O3. The third-order valence-electron chi connectivity index (χ3n) is 2.94. The minimum Gasteiger partial charge on any atom is -0.406 e. The molecule has 0 aliphatic heterocycles. The molecule has 0 radical (unpaired) electrons. The summed E-state index contributed by atoms with van der Waals surface area (Å²) in [6.45, 7) is 1.71. The molecule has 2 N–H and O–H groups in total. The average molecular weight is 338 g/mol. The summed E-state index contributed by atoms with van der Waals surface area (Å²) in [7, 11) is 0. The van der Waals surface area contributed by atoms with Crippen LogP contribution in [0.1, 0.15) is 15.9 Å². The molecular weight excluding hydrogens is 325 g/mol. The Balaban J connectivity index is 2.01. The molecule has 3 amide bonds. The van der Waals surface area contributed by atoms with Crippen molar-refractivity contribution in [3.8, 4) is 5.75 Å². The van der Waals surface area contributed by atoms with E-state index in [0.717, 1.165) is 12.1 Å². The van der Waals surface area contributed by atoms with Crippen LogP contribution in [0.2, 0.25) is 0 Å². The molecule has 0 saturated carbocycles. The summed E-state index contributed by atoms with van der Waals surface area (Å²) in [4.78, 5) is 23.8. The number of anilines is 1. The van der Waals surface area contributed by atoms with E-state index in [2.05, 4.69) is 15.4 Å². The first-order chi connectivity index (χ1) is 11.2. The lowest BCUT2D eigenvalue weighted by molar-refractivity contribution is -0.274. The molecule has 2 rings (SSSR count). The number of hydrogen-bond donors (Lipinski definition) is 2. The van der Waals surface area contributed by atoms with Crippen LogP contribution in [0.15, 0.2) is 48.5 Å². The Kier molecular flexibility index (Phi) is 5.08. The number of halogens is 3. The monoisotopic (exact) mass is 338 g/mol. The van der Waals surface area contributed by atoms with Gasteiger partial charge in [-0.05, 0) is 30.7 Å². The van der Waals surface area contributed by atoms with E-state index in [1.807, 2.05) is 0 Å². The van der Waals surface area contributed by atoms with Gasteiger partial charge < -0.3 is 10.1 Å². The number of carbonyl (C=O) groups excluding carboxylic acids is 2. The van der Waals surface area contributed by atoms with Gasteiger partial charge in [-0.1, -0.05) is 24.3 Å². The summed E-state index contributed by atoms with van der Waals surface area (Å²) in [5.74, 6) is -1.10. The highest BCUT2D eigenvalue weighted by molar-refractivity contribution is 6.08. The summed E-state index contributed by atoms with van der Waals surface area (Å²) in [6, 6.07) is 10.5. The molecule has 8 heteroatoms. The van der Waals surface area contributed by atoms with Gasteiger partial charge in [-0.15, -0.1) is 13.2 Å². The maximum Gasteiger partial charge on any atom is 0.573 e. The normalized spacial score (nSPS) is 10.8. The Hall–Kier alpha value is -3.03. The van der Waals surface area contributed by atoms with Gasteiger partial charge in [0.25, 0.3) is 5.91 Å². The van der Waals surface area contributed by atoms with E-state index in [0.29, 0.717) is 11.1 Å². The first kappa shape index (κ1) is 17.3. The first-order valence-electron chi connectivity index (χ1n) is 6.78. The molecule has 5 nitrogen and oxygen atoms in total. The Morgan fingerprint density at radius 2 is 1.75 bits per heavy atom. The number of aryl methyl sites for hydroxylation is 1. The van der Waals surface area contributed by atoms with Gasteiger partial charge >= 0.3 is 12.4 Å². The van der Waals surface area contributed by atoms with Crippen LogP contribution in [0.5, 0.6) is 5.75 Å². The lowest BCUT2D eigenvalue weighted by Crippen LogP contribution is -2.34. The molecule has 0 aliphatic rings. The smallest absolute Gasteiger partial charge is 0.406 e. The second-order valence-electron chi connectivity index (χ2n) is 4.80. The summed E-state index contributed by atoms with van der Waals surface area (Å²) in [6.07, 6.45) is -4.83. The second-order valence-corrected chi connectivity index (χ2v) is 4.80. The summed E-state index contributed by atoms with van der Waals surface area (Å²) in [5.41, 5.74) is 1.05. The fourth-order valence-corrected chi connectivity index (χ4v) is 1.93. The van der Waals surface area contributed by atoms with Crippen molar-refractivity contribution in [1.82, 2.24) is 5.32 Å². The highest BCUT2D eigenvalue weighted by Crippen LogP contribution is 2.24. The Labute approximate surface area is 135 Å². The molecule has 0 fully saturated rings. The first-order valence-corrected chi connectivity index (χ1v) is 6.78. The largest absolute Gasteiger partial charge is 0.573 e. The SMILES string of the molecule is Cc1ccccc1C(=O)NC(=O)Nc1cccc(OC(F)(F)F)c1. The number of carbonyl (C=O) groups is 2. The zero-order valence-corrected chi connectivity index (χ0v) is 12.5. The quantitative estimate of drug-likeness (QED) is 0.893. The molecule has 0 bridgehead atoms. The molecule has 0 spiro atoms. The van der Waals surface area contributed by atoms with Crippen molar-refractivity contribution in [3.05, 3.63) is 59.7 Å². The van der Waals surface area contributed by atoms with Crippen molar-refractivity contribution < 1.29 is 27.5 Å². The van der Waals surface area contributed by atoms with Crippen LogP contribution < -0.4 is 15.4 Å². The van der Waals surface area contributed by atoms with Gasteiger partial charge in [0.15, 0.2) is 0 Å². The lowest BCUT2D eigenvalue weighted by Gasteiger charge is -2.11. The number of ether oxygens (including phenoxy) is 1. The van der Waals surface area contributed by atoms with Gasteiger partial charge in [-0.2, -0.15) is 0 Å². The van der Waals surface area contributed by atoms with E-state index in [4.69, 9.17) is 0 Å². The van der Waals surface area contributed by atoms with Gasteiger partial charge in [0, 0.05) is 17.3 Å². The number of rotatable bonds is 3. The average Bonchev–Trinajstić information content (AvgIpc) is 2.45. The van der Waals surface area contributed by atoms with Crippen LogP contribution >= 0.6 is 0 Å². The molecule has 2 aromatic rings. The molecule has 0 heterocycles. The van der Waals surface area contributed by atoms with Crippen molar-refractivity contribution in [2.24, 2.45) is 0 Å². The van der Waals surface area contributed by atoms with Gasteiger partial charge in [-0.25, -0.2) is 4.79 Å². The highest BCUT2D eigenvalue weighted by Gasteiger charge is 2.31. The lowest BCUT2D eigenvalue weighted by atomic mass is 10.1. The molecule has 0 atom stereocenters. The van der Waals surface area contributed by atoms with Gasteiger partial charge in [0.05, 0.1) is 0 Å². The number of urea groups is 1. The number of amides is 3. The van der Waals surface area contributed by atoms with E-state index < -0.39 is 24.1 Å². The summed E-state index contributed by atoms with van der Waals surface area (Å²) in [5, 5.41) is 4.37. The molecule has 0 aromatic heterocycles. The van der Waals surface area contributed by atoms with Crippen molar-refractivity contribution in [3.63, 3.8) is 0 Å². The van der Waals surface area contributed by atoms with Crippen molar-refractivity contribution >= 4 is 17.6 Å². The molecule has 126 valence electrons. The second kappa shape index (κ2) is 7.03. The van der Waals surface area contributed by atoms with E-state index in [-0.39, 0.29) is 5.69 Å². The third kappa shape index (κ3) is 5.01. The Bertz CT molecular complexity index is 760. The number of imide groups is 1. The number of nitrogens with one attached hydrogen (secondary N) is 2. The maximum atomic E-state index is 12.2. The standard InChI is InChI=1S/C16H13F3N2O3/c1-10-5-2-3-8-13(10)14(22)21-15(23)20-11-6-4-7-12(9-11)24-16(17,18)19/h2-9H,1H3,(H2,20,21,22,23). The van der Waals surface area contributed by atoms with Gasteiger partial charge in [-0.3, -0.25) is 10.1 Å². The fourth-order valence-electron chi connectivity index (χ4n) is 1.93. The van der Waals surface area contributed by atoms with Crippen molar-refractivity contribution in [2.75, 3.05) is 5.32 Å². The predicted molar refractivity (Wildman–Crippen MR) is 80.8 cm³/mol. The molecule has 24 heavy (non-hydrogen) atoms. The van der Waals surface area contributed by atoms with Crippen LogP contribution in [-0.2, 0) is 0 Å². The number of hydrogen-bond acceptors (Lipinski definition) is 3. The highest BCUT2D eigenvalue weighted by atomic mass is 19.4. The van der Waals surface area contributed by atoms with E-state index in [1.165, 1.54) is 12.1 Å². The van der Waals surface area contributed by atoms with E-state index >= 15 is 0 Å². The Morgan fingerprint density at radius 1 is 1.04 bits per heavy atom. The molecule has 0 saturated heterocycles. The number of alkyl halides is 3. The van der Waals surface area contributed by atoms with Crippen molar-refractivity contribution in [1.29, 1.82) is 0 Å². The van der Waals surface area contributed by atoms with Gasteiger partial charge in [0.2, 0.25) is 0 Å². The zero-order chi connectivity index (χ0) is 17.7. The third-order valence-corrected chi connectivity index (χ3v) is 2.94. The topological polar surface area (TPSA) is 67.4 Å². The molecule has 0 unspecified atom stereocenters.